The smallest absolute Gasteiger partial charge is 0.253 e. The van der Waals surface area contributed by atoms with Crippen molar-refractivity contribution in [2.75, 3.05) is 13.1 Å². The molecule has 1 saturated carbocycles. The Balaban J connectivity index is 0.00000129. The van der Waals surface area contributed by atoms with E-state index >= 15 is 0 Å². The van der Waals surface area contributed by atoms with Gasteiger partial charge in [0.05, 0.1) is 22.3 Å². The Hall–Kier alpha value is -3.23. The Morgan fingerprint density at radius 1 is 1.16 bits per heavy atom. The molecular weight excluding hydrogens is 478 g/mol. The van der Waals surface area contributed by atoms with Gasteiger partial charge in [0.2, 0.25) is 0 Å². The van der Waals surface area contributed by atoms with E-state index in [9.17, 15) is 9.90 Å². The Kier molecular flexibility index (Phi) is 6.27. The van der Waals surface area contributed by atoms with Gasteiger partial charge in [-0.05, 0) is 81.2 Å². The number of aryl methyl sites for hydroxylation is 1. The third kappa shape index (κ3) is 4.20. The van der Waals surface area contributed by atoms with E-state index in [1.807, 2.05) is 30.7 Å². The monoisotopic (exact) mass is 515 g/mol. The number of aliphatic hydroxyl groups is 1. The SMILES string of the molecule is C=O.CC1(O)CCn2c(-c3cc4c(n3CC3CC3)=CCCC=4)nc3cc(C(=O)N4CCCC(N)C4)cc1c32. The summed E-state index contributed by atoms with van der Waals surface area (Å²) in [5.74, 6) is 1.68. The number of fused-ring (bicyclic) bond motifs is 1. The van der Waals surface area contributed by atoms with Crippen LogP contribution in [0.5, 0.6) is 0 Å². The number of amides is 1. The lowest BCUT2D eigenvalue weighted by Gasteiger charge is -2.33. The van der Waals surface area contributed by atoms with E-state index in [4.69, 9.17) is 15.5 Å². The van der Waals surface area contributed by atoms with Crippen LogP contribution < -0.4 is 16.3 Å². The molecule has 2 aromatic heterocycles. The van der Waals surface area contributed by atoms with Crippen molar-refractivity contribution in [3.63, 3.8) is 0 Å². The minimum Gasteiger partial charge on any atom is -0.385 e. The van der Waals surface area contributed by atoms with Gasteiger partial charge in [0.1, 0.15) is 6.79 Å². The van der Waals surface area contributed by atoms with Crippen LogP contribution in [0.2, 0.25) is 0 Å². The number of piperidine rings is 1. The summed E-state index contributed by atoms with van der Waals surface area (Å²) in [4.78, 5) is 28.5. The number of hydrogen-bond donors (Lipinski definition) is 2. The number of imidazole rings is 1. The van der Waals surface area contributed by atoms with Crippen molar-refractivity contribution in [2.24, 2.45) is 11.7 Å². The highest BCUT2D eigenvalue weighted by Gasteiger charge is 2.35. The van der Waals surface area contributed by atoms with Gasteiger partial charge in [-0.25, -0.2) is 4.98 Å². The first-order valence-corrected chi connectivity index (χ1v) is 13.9. The molecule has 0 bridgehead atoms. The molecule has 0 radical (unpaired) electrons. The van der Waals surface area contributed by atoms with Crippen LogP contribution in [-0.2, 0) is 23.5 Å². The minimum atomic E-state index is -1.00. The second-order valence-corrected chi connectivity index (χ2v) is 11.6. The molecule has 2 unspecified atom stereocenters. The Morgan fingerprint density at radius 3 is 2.71 bits per heavy atom. The van der Waals surface area contributed by atoms with Gasteiger partial charge in [-0.2, -0.15) is 0 Å². The average molecular weight is 516 g/mol. The van der Waals surface area contributed by atoms with E-state index in [1.165, 1.54) is 23.4 Å². The van der Waals surface area contributed by atoms with E-state index < -0.39 is 5.60 Å². The maximum atomic E-state index is 13.5. The molecule has 2 aliphatic carbocycles. The molecule has 2 atom stereocenters. The van der Waals surface area contributed by atoms with Gasteiger partial charge < -0.3 is 29.7 Å². The van der Waals surface area contributed by atoms with Crippen molar-refractivity contribution in [2.45, 2.75) is 76.6 Å². The van der Waals surface area contributed by atoms with Crippen LogP contribution in [0, 0.1) is 5.92 Å². The summed E-state index contributed by atoms with van der Waals surface area (Å²) < 4.78 is 4.75. The normalized spacial score (nSPS) is 24.2. The van der Waals surface area contributed by atoms with E-state index in [0.717, 1.165) is 72.8 Å². The Morgan fingerprint density at radius 2 is 1.95 bits per heavy atom. The fraction of sp³-hybridized carbons (Fsp3) is 0.500. The molecule has 8 heteroatoms. The van der Waals surface area contributed by atoms with Gasteiger partial charge in [-0.1, -0.05) is 12.2 Å². The summed E-state index contributed by atoms with van der Waals surface area (Å²) in [7, 11) is 0. The fourth-order valence-corrected chi connectivity index (χ4v) is 6.43. The number of nitrogens with zero attached hydrogens (tertiary/aromatic N) is 4. The quantitative estimate of drug-likeness (QED) is 0.555. The van der Waals surface area contributed by atoms with Crippen molar-refractivity contribution in [3.8, 4) is 11.5 Å². The molecule has 7 rings (SSSR count). The zero-order valence-electron chi connectivity index (χ0n) is 22.2. The summed E-state index contributed by atoms with van der Waals surface area (Å²) in [6.45, 7) is 6.90. The summed E-state index contributed by atoms with van der Waals surface area (Å²) in [6.07, 6.45) is 11.9. The first kappa shape index (κ1) is 25.1. The van der Waals surface area contributed by atoms with Crippen LogP contribution in [0.4, 0.5) is 0 Å². The molecule has 1 saturated heterocycles. The summed E-state index contributed by atoms with van der Waals surface area (Å²) >= 11 is 0. The number of benzene rings is 1. The lowest BCUT2D eigenvalue weighted by Crippen LogP contribution is -2.45. The van der Waals surface area contributed by atoms with Gasteiger partial charge in [-0.15, -0.1) is 0 Å². The van der Waals surface area contributed by atoms with Crippen LogP contribution in [0.1, 0.15) is 67.8 Å². The molecule has 2 fully saturated rings. The number of rotatable bonds is 4. The first-order valence-electron chi connectivity index (χ1n) is 13.9. The molecule has 200 valence electrons. The van der Waals surface area contributed by atoms with E-state index in [0.29, 0.717) is 25.1 Å². The fourth-order valence-electron chi connectivity index (χ4n) is 6.43. The van der Waals surface area contributed by atoms with Crippen molar-refractivity contribution in [3.05, 3.63) is 39.9 Å². The van der Waals surface area contributed by atoms with Gasteiger partial charge in [0.25, 0.3) is 5.91 Å². The maximum absolute atomic E-state index is 13.5. The van der Waals surface area contributed by atoms with Crippen LogP contribution in [0.3, 0.4) is 0 Å². The topological polar surface area (TPSA) is 106 Å². The predicted octanol–water partition coefficient (Wildman–Crippen LogP) is 2.26. The van der Waals surface area contributed by atoms with Crippen LogP contribution in [0.15, 0.2) is 18.2 Å². The van der Waals surface area contributed by atoms with Crippen molar-refractivity contribution in [1.29, 1.82) is 0 Å². The molecule has 0 spiro atoms. The van der Waals surface area contributed by atoms with Gasteiger partial charge in [0, 0.05) is 48.7 Å². The zero-order valence-corrected chi connectivity index (χ0v) is 22.2. The number of likely N-dealkylation sites (tertiary alicyclic amines) is 1. The first-order chi connectivity index (χ1) is 18.4. The lowest BCUT2D eigenvalue weighted by molar-refractivity contribution is -0.0980. The van der Waals surface area contributed by atoms with Crippen molar-refractivity contribution < 1.29 is 14.7 Å². The van der Waals surface area contributed by atoms with E-state index in [1.54, 1.807) is 0 Å². The molecule has 3 aromatic rings. The molecule has 8 nitrogen and oxygen atoms in total. The van der Waals surface area contributed by atoms with Crippen LogP contribution in [0.25, 0.3) is 34.7 Å². The lowest BCUT2D eigenvalue weighted by atomic mass is 9.87. The molecule has 1 amide bonds. The third-order valence-corrected chi connectivity index (χ3v) is 8.64. The van der Waals surface area contributed by atoms with E-state index in [-0.39, 0.29) is 11.9 Å². The highest BCUT2D eigenvalue weighted by molar-refractivity contribution is 5.99. The highest BCUT2D eigenvalue weighted by Crippen LogP contribution is 2.40. The minimum absolute atomic E-state index is 0.0162. The molecule has 4 heterocycles. The second kappa shape index (κ2) is 9.50. The van der Waals surface area contributed by atoms with Crippen molar-refractivity contribution in [1.82, 2.24) is 19.0 Å². The standard InChI is InChI=1S/C29H35N5O2.CH2O/c1-29(36)10-12-33-26-22(29)13-20(28(35)32-11-4-6-21(30)17-32)14-23(26)31-27(33)25-15-19-5-2-3-7-24(19)34(25)16-18-8-9-18;1-2/h5,7,13-15,18,21,36H,2-4,6,8-12,16-17,30H2,1H3;1H2. The predicted molar refractivity (Wildman–Crippen MR) is 148 cm³/mol. The van der Waals surface area contributed by atoms with E-state index in [2.05, 4.69) is 27.4 Å². The van der Waals surface area contributed by atoms with Crippen molar-refractivity contribution >= 4 is 35.9 Å². The molecule has 2 aliphatic heterocycles. The zero-order chi connectivity index (χ0) is 26.6. The molecule has 1 aromatic carbocycles. The Bertz CT molecular complexity index is 1530. The Labute approximate surface area is 222 Å². The van der Waals surface area contributed by atoms with Crippen LogP contribution in [-0.4, -0.2) is 56.0 Å². The van der Waals surface area contributed by atoms with Gasteiger partial charge in [-0.3, -0.25) is 4.79 Å². The maximum Gasteiger partial charge on any atom is 0.253 e. The number of aromatic nitrogens is 3. The third-order valence-electron chi connectivity index (χ3n) is 8.64. The molecular formula is C30H37N5O3. The number of carbonyl (C=O) groups excluding carboxylic acids is 2. The largest absolute Gasteiger partial charge is 0.385 e. The van der Waals surface area contributed by atoms with Gasteiger partial charge >= 0.3 is 0 Å². The highest BCUT2D eigenvalue weighted by atomic mass is 16.3. The second-order valence-electron chi connectivity index (χ2n) is 11.6. The number of nitrogens with two attached hydrogens (primary N) is 1. The molecule has 3 N–H and O–H groups in total. The summed E-state index contributed by atoms with van der Waals surface area (Å²) in [6, 6.07) is 6.15. The van der Waals surface area contributed by atoms with Crippen LogP contribution >= 0.6 is 0 Å². The number of hydrogen-bond acceptors (Lipinski definition) is 5. The molecule has 38 heavy (non-hydrogen) atoms. The average Bonchev–Trinajstić information content (AvgIpc) is 3.57. The molecule has 4 aliphatic rings. The summed E-state index contributed by atoms with van der Waals surface area (Å²) in [5, 5.41) is 14.0. The summed E-state index contributed by atoms with van der Waals surface area (Å²) in [5.41, 5.74) is 9.46. The van der Waals surface area contributed by atoms with Gasteiger partial charge in [0.15, 0.2) is 5.82 Å². The number of carbonyl (C=O) groups is 2.